The molecule has 1 unspecified atom stereocenters. The number of amides is 1. The number of ether oxygens (including phenoxy) is 1. The Hall–Kier alpha value is -0.980. The molecule has 1 atom stereocenters. The molecule has 0 N–H and O–H groups in total. The van der Waals surface area contributed by atoms with Gasteiger partial charge in [0.05, 0.1) is 29.8 Å². The quantitative estimate of drug-likeness (QED) is 0.825. The summed E-state index contributed by atoms with van der Waals surface area (Å²) in [6, 6.07) is 0. The summed E-state index contributed by atoms with van der Waals surface area (Å²) in [5.74, 6) is 1.19. The van der Waals surface area contributed by atoms with E-state index < -0.39 is 0 Å². The van der Waals surface area contributed by atoms with E-state index in [1.165, 1.54) is 36.4 Å². The van der Waals surface area contributed by atoms with Gasteiger partial charge in [-0.15, -0.1) is 11.3 Å². The summed E-state index contributed by atoms with van der Waals surface area (Å²) in [5, 5.41) is 3.58. The van der Waals surface area contributed by atoms with E-state index in [2.05, 4.69) is 10.3 Å². The van der Waals surface area contributed by atoms with E-state index in [9.17, 15) is 4.79 Å². The zero-order chi connectivity index (χ0) is 17.1. The number of thiazole rings is 1. The highest BCUT2D eigenvalue weighted by Crippen LogP contribution is 2.35. The van der Waals surface area contributed by atoms with Crippen LogP contribution in [0.15, 0.2) is 5.38 Å². The molecule has 3 heterocycles. The van der Waals surface area contributed by atoms with Crippen LogP contribution >= 0.6 is 11.3 Å². The highest BCUT2D eigenvalue weighted by molar-refractivity contribution is 7.09. The van der Waals surface area contributed by atoms with Crippen LogP contribution < -0.4 is 0 Å². The van der Waals surface area contributed by atoms with Crippen molar-refractivity contribution in [2.75, 3.05) is 39.4 Å². The van der Waals surface area contributed by atoms with Crippen LogP contribution in [0.5, 0.6) is 0 Å². The molecule has 1 aliphatic carbocycles. The van der Waals surface area contributed by atoms with Crippen molar-refractivity contribution >= 4 is 17.2 Å². The molecule has 3 aliphatic rings. The van der Waals surface area contributed by atoms with Crippen LogP contribution in [0.3, 0.4) is 0 Å². The molecule has 138 valence electrons. The Morgan fingerprint density at radius 1 is 1.16 bits per heavy atom. The largest absolute Gasteiger partial charge is 0.378 e. The average molecular weight is 364 g/mol. The molecule has 1 saturated carbocycles. The summed E-state index contributed by atoms with van der Waals surface area (Å²) in [7, 11) is 0. The lowest BCUT2D eigenvalue weighted by Crippen LogP contribution is -2.48. The van der Waals surface area contributed by atoms with Gasteiger partial charge >= 0.3 is 0 Å². The summed E-state index contributed by atoms with van der Waals surface area (Å²) < 4.78 is 5.37. The number of carbonyl (C=O) groups excluding carboxylic acids is 1. The molecule has 1 amide bonds. The maximum absolute atomic E-state index is 12.8. The van der Waals surface area contributed by atoms with Crippen LogP contribution in [0, 0.1) is 5.92 Å². The molecule has 0 radical (unpaired) electrons. The van der Waals surface area contributed by atoms with Gasteiger partial charge in [-0.05, 0) is 32.2 Å². The molecule has 25 heavy (non-hydrogen) atoms. The Morgan fingerprint density at radius 3 is 2.76 bits per heavy atom. The zero-order valence-electron chi connectivity index (χ0n) is 15.0. The van der Waals surface area contributed by atoms with Gasteiger partial charge in [0.25, 0.3) is 0 Å². The first-order valence-electron chi connectivity index (χ1n) is 9.83. The van der Waals surface area contributed by atoms with Crippen molar-refractivity contribution in [3.8, 4) is 0 Å². The lowest BCUT2D eigenvalue weighted by Gasteiger charge is -2.36. The van der Waals surface area contributed by atoms with Gasteiger partial charge in [-0.2, -0.15) is 0 Å². The second kappa shape index (κ2) is 8.14. The van der Waals surface area contributed by atoms with E-state index in [-0.39, 0.29) is 5.92 Å². The Kier molecular flexibility index (Phi) is 5.68. The summed E-state index contributed by atoms with van der Waals surface area (Å²) in [6.45, 7) is 5.75. The zero-order valence-corrected chi connectivity index (χ0v) is 15.8. The summed E-state index contributed by atoms with van der Waals surface area (Å²) in [4.78, 5) is 22.1. The van der Waals surface area contributed by atoms with Crippen LogP contribution in [0.4, 0.5) is 0 Å². The van der Waals surface area contributed by atoms with Crippen LogP contribution in [-0.2, 0) is 16.1 Å². The van der Waals surface area contributed by atoms with E-state index in [0.29, 0.717) is 25.0 Å². The lowest BCUT2D eigenvalue weighted by molar-refractivity contribution is -0.141. The van der Waals surface area contributed by atoms with Gasteiger partial charge in [0, 0.05) is 37.5 Å². The molecule has 6 heteroatoms. The van der Waals surface area contributed by atoms with Crippen molar-refractivity contribution < 1.29 is 9.53 Å². The number of hydrogen-bond donors (Lipinski definition) is 0. The fourth-order valence-electron chi connectivity index (χ4n) is 4.43. The maximum Gasteiger partial charge on any atom is 0.227 e. The predicted octanol–water partition coefficient (Wildman–Crippen LogP) is 2.87. The number of morpholine rings is 1. The van der Waals surface area contributed by atoms with Crippen LogP contribution in [-0.4, -0.2) is 60.1 Å². The Labute approximate surface area is 154 Å². The molecule has 0 bridgehead atoms. The topological polar surface area (TPSA) is 45.7 Å². The monoisotopic (exact) mass is 363 g/mol. The number of aromatic nitrogens is 1. The third kappa shape index (κ3) is 4.23. The number of nitrogens with zero attached hydrogens (tertiary/aromatic N) is 3. The summed E-state index contributed by atoms with van der Waals surface area (Å²) >= 11 is 1.84. The van der Waals surface area contributed by atoms with Gasteiger partial charge in [-0.1, -0.05) is 12.8 Å². The number of carbonyl (C=O) groups is 1. The van der Waals surface area contributed by atoms with Crippen LogP contribution in [0.25, 0.3) is 0 Å². The van der Waals surface area contributed by atoms with Crippen molar-refractivity contribution in [1.29, 1.82) is 0 Å². The number of hydrogen-bond acceptors (Lipinski definition) is 5. The molecule has 1 aromatic rings. The third-order valence-electron chi connectivity index (χ3n) is 5.84. The number of piperidine rings is 1. The standard InChI is InChI=1S/C19H29N3O2S/c23-19(22-8-10-24-11-9-22)16-6-3-7-21(12-16)13-17-14-25-18(20-17)15-4-1-2-5-15/h14-16H,1-13H2. The first-order valence-corrected chi connectivity index (χ1v) is 10.7. The van der Waals surface area contributed by atoms with E-state index >= 15 is 0 Å². The van der Waals surface area contributed by atoms with Crippen molar-refractivity contribution in [1.82, 2.24) is 14.8 Å². The van der Waals surface area contributed by atoms with Gasteiger partial charge in [0.15, 0.2) is 0 Å². The molecule has 1 aromatic heterocycles. The fourth-order valence-corrected chi connectivity index (χ4v) is 5.41. The van der Waals surface area contributed by atoms with Gasteiger partial charge in [0.2, 0.25) is 5.91 Å². The Balaban J connectivity index is 1.32. The highest BCUT2D eigenvalue weighted by Gasteiger charge is 2.30. The summed E-state index contributed by atoms with van der Waals surface area (Å²) in [5.41, 5.74) is 1.20. The van der Waals surface area contributed by atoms with Gasteiger partial charge < -0.3 is 9.64 Å². The summed E-state index contributed by atoms with van der Waals surface area (Å²) in [6.07, 6.45) is 7.48. The number of likely N-dealkylation sites (tertiary alicyclic amines) is 1. The predicted molar refractivity (Wildman–Crippen MR) is 98.7 cm³/mol. The average Bonchev–Trinajstić information content (AvgIpc) is 3.34. The van der Waals surface area contributed by atoms with Crippen LogP contribution in [0.2, 0.25) is 0 Å². The molecule has 0 aromatic carbocycles. The van der Waals surface area contributed by atoms with Crippen molar-refractivity contribution in [3.63, 3.8) is 0 Å². The highest BCUT2D eigenvalue weighted by atomic mass is 32.1. The third-order valence-corrected chi connectivity index (χ3v) is 6.89. The minimum absolute atomic E-state index is 0.153. The minimum Gasteiger partial charge on any atom is -0.378 e. The molecule has 0 spiro atoms. The van der Waals surface area contributed by atoms with Crippen molar-refractivity contribution in [2.45, 2.75) is 51.0 Å². The van der Waals surface area contributed by atoms with E-state index in [4.69, 9.17) is 9.72 Å². The van der Waals surface area contributed by atoms with Gasteiger partial charge in [-0.25, -0.2) is 4.98 Å². The van der Waals surface area contributed by atoms with Crippen molar-refractivity contribution in [2.24, 2.45) is 5.92 Å². The molecular weight excluding hydrogens is 334 g/mol. The Bertz CT molecular complexity index is 579. The van der Waals surface area contributed by atoms with Gasteiger partial charge in [0.1, 0.15) is 0 Å². The molecule has 5 nitrogen and oxygen atoms in total. The minimum atomic E-state index is 0.153. The van der Waals surface area contributed by atoms with E-state index in [1.807, 2.05) is 16.2 Å². The molecule has 3 fully saturated rings. The first-order chi connectivity index (χ1) is 12.3. The fraction of sp³-hybridized carbons (Fsp3) is 0.789. The second-order valence-corrected chi connectivity index (χ2v) is 8.56. The lowest BCUT2D eigenvalue weighted by atomic mass is 9.96. The number of rotatable bonds is 4. The first kappa shape index (κ1) is 17.4. The SMILES string of the molecule is O=C(C1CCCN(Cc2csc(C3CCCC3)n2)C1)N1CCOCC1. The molecule has 4 rings (SSSR count). The van der Waals surface area contributed by atoms with Gasteiger partial charge in [-0.3, -0.25) is 9.69 Å². The van der Waals surface area contributed by atoms with Crippen molar-refractivity contribution in [3.05, 3.63) is 16.1 Å². The second-order valence-electron chi connectivity index (χ2n) is 7.67. The smallest absolute Gasteiger partial charge is 0.227 e. The molecule has 2 aliphatic heterocycles. The van der Waals surface area contributed by atoms with E-state index in [1.54, 1.807) is 0 Å². The molecular formula is C19H29N3O2S. The maximum atomic E-state index is 12.8. The Morgan fingerprint density at radius 2 is 1.96 bits per heavy atom. The normalized spacial score (nSPS) is 26.2. The van der Waals surface area contributed by atoms with Crippen LogP contribution in [0.1, 0.15) is 55.1 Å². The molecule has 2 saturated heterocycles. The van der Waals surface area contributed by atoms with E-state index in [0.717, 1.165) is 45.6 Å².